The fourth-order valence-corrected chi connectivity index (χ4v) is 1.29. The smallest absolute Gasteiger partial charge is 0.370 e. The summed E-state index contributed by atoms with van der Waals surface area (Å²) in [6.07, 6.45) is -4.34. The number of amides is 1. The molecule has 1 N–H and O–H groups in total. The van der Waals surface area contributed by atoms with Gasteiger partial charge in [-0.15, -0.1) is 12.6 Å². The Kier molecular flexibility index (Phi) is 5.49. The monoisotopic (exact) mass is 279 g/mol. The predicted octanol–water partition coefficient (Wildman–Crippen LogP) is 2.28. The van der Waals surface area contributed by atoms with Gasteiger partial charge in [-0.05, 0) is 24.3 Å². The lowest BCUT2D eigenvalue weighted by Gasteiger charge is -2.08. The van der Waals surface area contributed by atoms with E-state index in [1.807, 2.05) is 0 Å². The van der Waals surface area contributed by atoms with Crippen LogP contribution in [0.5, 0.6) is 0 Å². The van der Waals surface area contributed by atoms with E-state index in [1.165, 1.54) is 0 Å². The van der Waals surface area contributed by atoms with Gasteiger partial charge < -0.3 is 10.1 Å². The summed E-state index contributed by atoms with van der Waals surface area (Å²) in [4.78, 5) is 12.2. The summed E-state index contributed by atoms with van der Waals surface area (Å²) < 4.78 is 39.5. The first-order valence-corrected chi connectivity index (χ1v) is 5.55. The molecule has 100 valence electrons. The van der Waals surface area contributed by atoms with Crippen molar-refractivity contribution in [2.75, 3.05) is 19.8 Å². The topological polar surface area (TPSA) is 38.3 Å². The van der Waals surface area contributed by atoms with Crippen molar-refractivity contribution in [2.24, 2.45) is 0 Å². The largest absolute Gasteiger partial charge is 0.411 e. The number of halogens is 3. The third kappa shape index (κ3) is 5.92. The number of nitrogens with one attached hydrogen (secondary N) is 1. The van der Waals surface area contributed by atoms with Crippen molar-refractivity contribution >= 4 is 18.5 Å². The quantitative estimate of drug-likeness (QED) is 0.641. The van der Waals surface area contributed by atoms with Gasteiger partial charge in [0.15, 0.2) is 0 Å². The standard InChI is InChI=1S/C11H12F3NO2S/c12-11(13,14)7-17-6-5-15-10(16)8-1-3-9(18)4-2-8/h1-4,18H,5-7H2,(H,15,16). The van der Waals surface area contributed by atoms with E-state index < -0.39 is 12.8 Å². The number of benzene rings is 1. The van der Waals surface area contributed by atoms with Gasteiger partial charge in [-0.2, -0.15) is 13.2 Å². The Morgan fingerprint density at radius 1 is 1.28 bits per heavy atom. The Balaban J connectivity index is 2.24. The van der Waals surface area contributed by atoms with Crippen molar-refractivity contribution in [3.05, 3.63) is 29.8 Å². The highest BCUT2D eigenvalue weighted by Gasteiger charge is 2.27. The summed E-state index contributed by atoms with van der Waals surface area (Å²) in [5.74, 6) is -0.362. The number of hydrogen-bond acceptors (Lipinski definition) is 3. The Hall–Kier alpha value is -1.21. The van der Waals surface area contributed by atoms with E-state index in [4.69, 9.17) is 0 Å². The van der Waals surface area contributed by atoms with E-state index >= 15 is 0 Å². The van der Waals surface area contributed by atoms with Crippen molar-refractivity contribution in [1.29, 1.82) is 0 Å². The third-order valence-electron chi connectivity index (χ3n) is 1.93. The first-order chi connectivity index (χ1) is 8.38. The van der Waals surface area contributed by atoms with Gasteiger partial charge in [0.25, 0.3) is 5.91 Å². The van der Waals surface area contributed by atoms with Crippen molar-refractivity contribution in [3.63, 3.8) is 0 Å². The molecule has 0 bridgehead atoms. The minimum atomic E-state index is -4.34. The van der Waals surface area contributed by atoms with Gasteiger partial charge in [-0.1, -0.05) is 0 Å². The van der Waals surface area contributed by atoms with Crippen LogP contribution in [-0.2, 0) is 4.74 Å². The van der Waals surface area contributed by atoms with Crippen LogP contribution in [0.25, 0.3) is 0 Å². The summed E-state index contributed by atoms with van der Waals surface area (Å²) >= 11 is 4.07. The van der Waals surface area contributed by atoms with Crippen LogP contribution in [0.4, 0.5) is 13.2 Å². The fraction of sp³-hybridized carbons (Fsp3) is 0.364. The van der Waals surface area contributed by atoms with Gasteiger partial charge in [-0.25, -0.2) is 0 Å². The zero-order chi connectivity index (χ0) is 13.6. The van der Waals surface area contributed by atoms with Crippen LogP contribution < -0.4 is 5.32 Å². The molecular weight excluding hydrogens is 267 g/mol. The second kappa shape index (κ2) is 6.65. The summed E-state index contributed by atoms with van der Waals surface area (Å²) in [7, 11) is 0. The molecule has 0 saturated carbocycles. The first-order valence-electron chi connectivity index (χ1n) is 5.10. The lowest BCUT2D eigenvalue weighted by atomic mass is 10.2. The van der Waals surface area contributed by atoms with E-state index in [2.05, 4.69) is 22.7 Å². The van der Waals surface area contributed by atoms with Gasteiger partial charge in [0.1, 0.15) is 6.61 Å². The van der Waals surface area contributed by atoms with E-state index in [9.17, 15) is 18.0 Å². The highest BCUT2D eigenvalue weighted by atomic mass is 32.1. The maximum Gasteiger partial charge on any atom is 0.411 e. The fourth-order valence-electron chi connectivity index (χ4n) is 1.14. The second-order valence-corrected chi connectivity index (χ2v) is 3.99. The molecule has 0 radical (unpaired) electrons. The van der Waals surface area contributed by atoms with Crippen LogP contribution >= 0.6 is 12.6 Å². The van der Waals surface area contributed by atoms with E-state index in [0.29, 0.717) is 5.56 Å². The number of rotatable bonds is 5. The molecule has 0 aliphatic carbocycles. The molecule has 3 nitrogen and oxygen atoms in total. The van der Waals surface area contributed by atoms with Crippen LogP contribution in [0.2, 0.25) is 0 Å². The summed E-state index contributed by atoms with van der Waals surface area (Å²) in [6.45, 7) is -1.47. The molecule has 0 heterocycles. The Morgan fingerprint density at radius 3 is 2.44 bits per heavy atom. The Labute approximate surface area is 108 Å². The van der Waals surface area contributed by atoms with Crippen LogP contribution in [-0.4, -0.2) is 31.8 Å². The molecule has 0 fully saturated rings. The average Bonchev–Trinajstić information content (AvgIpc) is 2.27. The number of carbonyl (C=O) groups excluding carboxylic acids is 1. The summed E-state index contributed by atoms with van der Waals surface area (Å²) in [5.41, 5.74) is 0.420. The zero-order valence-corrected chi connectivity index (χ0v) is 10.2. The number of ether oxygens (including phenoxy) is 1. The first kappa shape index (κ1) is 14.8. The molecule has 7 heteroatoms. The highest BCUT2D eigenvalue weighted by molar-refractivity contribution is 7.80. The van der Waals surface area contributed by atoms with Gasteiger partial charge in [0, 0.05) is 17.0 Å². The average molecular weight is 279 g/mol. The molecule has 1 aromatic carbocycles. The number of carbonyl (C=O) groups is 1. The summed E-state index contributed by atoms with van der Waals surface area (Å²) in [5, 5.41) is 2.45. The molecule has 0 aromatic heterocycles. The molecule has 0 saturated heterocycles. The van der Waals surface area contributed by atoms with Crippen molar-refractivity contribution < 1.29 is 22.7 Å². The molecule has 0 spiro atoms. The van der Waals surface area contributed by atoms with Crippen LogP contribution in [0.3, 0.4) is 0 Å². The van der Waals surface area contributed by atoms with Crippen LogP contribution in [0.1, 0.15) is 10.4 Å². The van der Waals surface area contributed by atoms with Crippen molar-refractivity contribution in [3.8, 4) is 0 Å². The molecule has 0 aliphatic rings. The number of alkyl halides is 3. The van der Waals surface area contributed by atoms with Crippen LogP contribution in [0, 0.1) is 0 Å². The molecule has 0 aliphatic heterocycles. The molecule has 1 amide bonds. The third-order valence-corrected chi connectivity index (χ3v) is 2.23. The molecule has 0 atom stereocenters. The lowest BCUT2D eigenvalue weighted by Crippen LogP contribution is -2.28. The van der Waals surface area contributed by atoms with Crippen molar-refractivity contribution in [1.82, 2.24) is 5.32 Å². The van der Waals surface area contributed by atoms with Gasteiger partial charge in [-0.3, -0.25) is 4.79 Å². The molecule has 1 aromatic rings. The SMILES string of the molecule is O=C(NCCOCC(F)(F)F)c1ccc(S)cc1. The van der Waals surface area contributed by atoms with E-state index in [0.717, 1.165) is 4.90 Å². The Bertz CT molecular complexity index is 392. The molecule has 0 unspecified atom stereocenters. The second-order valence-electron chi connectivity index (χ2n) is 3.47. The maximum absolute atomic E-state index is 11.7. The minimum absolute atomic E-state index is 0.0253. The van der Waals surface area contributed by atoms with Crippen LogP contribution in [0.15, 0.2) is 29.2 Å². The number of thiol groups is 1. The van der Waals surface area contributed by atoms with E-state index in [1.54, 1.807) is 24.3 Å². The maximum atomic E-state index is 11.7. The lowest BCUT2D eigenvalue weighted by molar-refractivity contribution is -0.173. The highest BCUT2D eigenvalue weighted by Crippen LogP contribution is 2.14. The molecular formula is C11H12F3NO2S. The minimum Gasteiger partial charge on any atom is -0.370 e. The van der Waals surface area contributed by atoms with Gasteiger partial charge >= 0.3 is 6.18 Å². The molecule has 1 rings (SSSR count). The molecule has 18 heavy (non-hydrogen) atoms. The normalized spacial score (nSPS) is 11.3. The summed E-state index contributed by atoms with van der Waals surface area (Å²) in [6, 6.07) is 6.46. The predicted molar refractivity (Wildman–Crippen MR) is 62.9 cm³/mol. The van der Waals surface area contributed by atoms with Gasteiger partial charge in [0.2, 0.25) is 0 Å². The number of hydrogen-bond donors (Lipinski definition) is 2. The Morgan fingerprint density at radius 2 is 1.89 bits per heavy atom. The van der Waals surface area contributed by atoms with Gasteiger partial charge in [0.05, 0.1) is 6.61 Å². The van der Waals surface area contributed by atoms with Crippen molar-refractivity contribution in [2.45, 2.75) is 11.1 Å². The van der Waals surface area contributed by atoms with E-state index in [-0.39, 0.29) is 19.1 Å². The zero-order valence-electron chi connectivity index (χ0n) is 9.33.